The van der Waals surface area contributed by atoms with Crippen LogP contribution in [0.15, 0.2) is 36.7 Å². The molecule has 3 rings (SSSR count). The summed E-state index contributed by atoms with van der Waals surface area (Å²) in [6, 6.07) is 8.68. The van der Waals surface area contributed by atoms with Crippen molar-refractivity contribution in [2.24, 2.45) is 0 Å². The molecule has 1 aliphatic carbocycles. The highest BCUT2D eigenvalue weighted by atomic mass is 16.2. The topological polar surface area (TPSA) is 54.0 Å². The van der Waals surface area contributed by atoms with Gasteiger partial charge in [0, 0.05) is 30.4 Å². The van der Waals surface area contributed by atoms with Crippen molar-refractivity contribution in [1.29, 1.82) is 0 Å². The molecule has 1 heterocycles. The maximum absolute atomic E-state index is 11.5. The molecule has 0 aliphatic heterocycles. The van der Waals surface area contributed by atoms with Gasteiger partial charge in [-0.05, 0) is 35.9 Å². The minimum atomic E-state index is 0.0903. The van der Waals surface area contributed by atoms with Gasteiger partial charge in [-0.15, -0.1) is 0 Å². The molecule has 1 amide bonds. The monoisotopic (exact) mass is 255 g/mol. The van der Waals surface area contributed by atoms with Gasteiger partial charge in [-0.1, -0.05) is 12.1 Å². The minimum absolute atomic E-state index is 0.0903. The molecule has 1 aromatic carbocycles. The molecule has 19 heavy (non-hydrogen) atoms. The van der Waals surface area contributed by atoms with Gasteiger partial charge in [-0.2, -0.15) is 0 Å². The van der Waals surface area contributed by atoms with Crippen LogP contribution in [0.2, 0.25) is 0 Å². The van der Waals surface area contributed by atoms with E-state index in [0.29, 0.717) is 19.1 Å². The largest absolute Gasteiger partial charge is 0.352 e. The van der Waals surface area contributed by atoms with Gasteiger partial charge >= 0.3 is 0 Å². The quantitative estimate of drug-likeness (QED) is 0.853. The number of hydrogen-bond donors (Lipinski definition) is 2. The van der Waals surface area contributed by atoms with Crippen LogP contribution in [0.5, 0.6) is 0 Å². The predicted octanol–water partition coefficient (Wildman–Crippen LogP) is 1.60. The summed E-state index contributed by atoms with van der Waals surface area (Å²) in [4.78, 5) is 15.6. The van der Waals surface area contributed by atoms with Gasteiger partial charge in [-0.25, -0.2) is 0 Å². The van der Waals surface area contributed by atoms with Crippen LogP contribution in [-0.4, -0.2) is 23.5 Å². The SMILES string of the molecule is O=C(CNCc1ccc2cnccc2c1)NC1CC1. The molecule has 0 spiro atoms. The van der Waals surface area contributed by atoms with Crippen LogP contribution in [0.25, 0.3) is 10.8 Å². The molecule has 1 aliphatic rings. The van der Waals surface area contributed by atoms with Gasteiger partial charge in [0.2, 0.25) is 5.91 Å². The van der Waals surface area contributed by atoms with E-state index in [4.69, 9.17) is 0 Å². The van der Waals surface area contributed by atoms with Crippen LogP contribution in [0.4, 0.5) is 0 Å². The molecule has 1 saturated carbocycles. The number of hydrogen-bond acceptors (Lipinski definition) is 3. The Morgan fingerprint density at radius 3 is 3.00 bits per heavy atom. The standard InChI is InChI=1S/C15H17N3O/c19-15(18-14-3-4-14)10-17-8-11-1-2-13-9-16-6-5-12(13)7-11/h1-2,5-7,9,14,17H,3-4,8,10H2,(H,18,19). The summed E-state index contributed by atoms with van der Waals surface area (Å²) in [6.07, 6.45) is 5.91. The van der Waals surface area contributed by atoms with Crippen LogP contribution < -0.4 is 10.6 Å². The molecule has 2 N–H and O–H groups in total. The number of nitrogens with one attached hydrogen (secondary N) is 2. The van der Waals surface area contributed by atoms with Crippen LogP contribution in [-0.2, 0) is 11.3 Å². The van der Waals surface area contributed by atoms with Gasteiger partial charge < -0.3 is 10.6 Å². The molecule has 0 radical (unpaired) electrons. The number of carbonyl (C=O) groups excluding carboxylic acids is 1. The van der Waals surface area contributed by atoms with E-state index >= 15 is 0 Å². The smallest absolute Gasteiger partial charge is 0.234 e. The second kappa shape index (κ2) is 5.36. The Bertz CT molecular complexity index is 593. The molecule has 1 fully saturated rings. The molecule has 4 nitrogen and oxygen atoms in total. The summed E-state index contributed by atoms with van der Waals surface area (Å²) in [5.41, 5.74) is 1.18. The van der Waals surface area contributed by atoms with E-state index < -0.39 is 0 Å². The fourth-order valence-electron chi connectivity index (χ4n) is 2.07. The molecular formula is C15H17N3O. The van der Waals surface area contributed by atoms with E-state index in [0.717, 1.165) is 18.2 Å². The Hall–Kier alpha value is -1.94. The second-order valence-corrected chi connectivity index (χ2v) is 5.00. The fourth-order valence-corrected chi connectivity index (χ4v) is 2.07. The Morgan fingerprint density at radius 2 is 2.16 bits per heavy atom. The number of fused-ring (bicyclic) bond motifs is 1. The number of benzene rings is 1. The molecule has 0 unspecified atom stereocenters. The Morgan fingerprint density at radius 1 is 1.26 bits per heavy atom. The average Bonchev–Trinajstić information content (AvgIpc) is 3.22. The molecule has 0 saturated heterocycles. The Labute approximate surface area is 112 Å². The Balaban J connectivity index is 1.54. The van der Waals surface area contributed by atoms with Crippen molar-refractivity contribution in [2.45, 2.75) is 25.4 Å². The number of pyridine rings is 1. The molecule has 1 aromatic heterocycles. The third-order valence-electron chi connectivity index (χ3n) is 3.26. The summed E-state index contributed by atoms with van der Waals surface area (Å²) in [6.45, 7) is 1.08. The number of aromatic nitrogens is 1. The third-order valence-corrected chi connectivity index (χ3v) is 3.26. The second-order valence-electron chi connectivity index (χ2n) is 5.00. The zero-order valence-electron chi connectivity index (χ0n) is 10.7. The molecular weight excluding hydrogens is 238 g/mol. The van der Waals surface area contributed by atoms with E-state index in [1.807, 2.05) is 12.3 Å². The van der Waals surface area contributed by atoms with E-state index in [-0.39, 0.29) is 5.91 Å². The van der Waals surface area contributed by atoms with Crippen LogP contribution in [0.3, 0.4) is 0 Å². The highest BCUT2D eigenvalue weighted by molar-refractivity contribution is 5.82. The van der Waals surface area contributed by atoms with Crippen LogP contribution in [0, 0.1) is 0 Å². The van der Waals surface area contributed by atoms with Gasteiger partial charge in [0.1, 0.15) is 0 Å². The van der Waals surface area contributed by atoms with Crippen molar-refractivity contribution < 1.29 is 4.79 Å². The van der Waals surface area contributed by atoms with Gasteiger partial charge in [0.25, 0.3) is 0 Å². The first kappa shape index (κ1) is 12.1. The summed E-state index contributed by atoms with van der Waals surface area (Å²) < 4.78 is 0. The fraction of sp³-hybridized carbons (Fsp3) is 0.333. The lowest BCUT2D eigenvalue weighted by Crippen LogP contribution is -2.34. The van der Waals surface area contributed by atoms with Gasteiger partial charge in [-0.3, -0.25) is 9.78 Å². The van der Waals surface area contributed by atoms with Crippen molar-refractivity contribution in [3.05, 3.63) is 42.2 Å². The first-order valence-corrected chi connectivity index (χ1v) is 6.64. The summed E-state index contributed by atoms with van der Waals surface area (Å²) in [7, 11) is 0. The van der Waals surface area contributed by atoms with E-state index in [1.165, 1.54) is 10.9 Å². The highest BCUT2D eigenvalue weighted by Gasteiger charge is 2.22. The molecule has 0 atom stereocenters. The average molecular weight is 255 g/mol. The minimum Gasteiger partial charge on any atom is -0.352 e. The van der Waals surface area contributed by atoms with Crippen molar-refractivity contribution in [2.75, 3.05) is 6.54 Å². The third kappa shape index (κ3) is 3.29. The van der Waals surface area contributed by atoms with Crippen molar-refractivity contribution in [3.8, 4) is 0 Å². The zero-order chi connectivity index (χ0) is 13.1. The van der Waals surface area contributed by atoms with E-state index in [1.54, 1.807) is 6.20 Å². The Kier molecular flexibility index (Phi) is 3.42. The summed E-state index contributed by atoms with van der Waals surface area (Å²) >= 11 is 0. The normalized spacial score (nSPS) is 14.5. The molecule has 4 heteroatoms. The van der Waals surface area contributed by atoms with Crippen molar-refractivity contribution in [3.63, 3.8) is 0 Å². The molecule has 0 bridgehead atoms. The first-order chi connectivity index (χ1) is 9.31. The van der Waals surface area contributed by atoms with Crippen molar-refractivity contribution in [1.82, 2.24) is 15.6 Å². The van der Waals surface area contributed by atoms with Crippen molar-refractivity contribution >= 4 is 16.7 Å². The number of rotatable bonds is 5. The van der Waals surface area contributed by atoms with E-state index in [9.17, 15) is 4.79 Å². The lowest BCUT2D eigenvalue weighted by molar-refractivity contribution is -0.120. The predicted molar refractivity (Wildman–Crippen MR) is 74.6 cm³/mol. The van der Waals surface area contributed by atoms with Gasteiger partial charge in [0.15, 0.2) is 0 Å². The van der Waals surface area contributed by atoms with Gasteiger partial charge in [0.05, 0.1) is 6.54 Å². The number of carbonyl (C=O) groups is 1. The highest BCUT2D eigenvalue weighted by Crippen LogP contribution is 2.18. The maximum Gasteiger partial charge on any atom is 0.234 e. The lowest BCUT2D eigenvalue weighted by Gasteiger charge is -2.06. The zero-order valence-corrected chi connectivity index (χ0v) is 10.7. The van der Waals surface area contributed by atoms with Crippen LogP contribution >= 0.6 is 0 Å². The van der Waals surface area contributed by atoms with E-state index in [2.05, 4.69) is 33.8 Å². The maximum atomic E-state index is 11.5. The summed E-state index contributed by atoms with van der Waals surface area (Å²) in [5, 5.41) is 8.45. The van der Waals surface area contributed by atoms with Crippen LogP contribution in [0.1, 0.15) is 18.4 Å². The molecule has 98 valence electrons. The number of nitrogens with zero attached hydrogens (tertiary/aromatic N) is 1. The summed E-state index contributed by atoms with van der Waals surface area (Å²) in [5.74, 6) is 0.0903. The molecule has 2 aromatic rings. The lowest BCUT2D eigenvalue weighted by atomic mass is 10.1. The number of amides is 1. The first-order valence-electron chi connectivity index (χ1n) is 6.64.